The van der Waals surface area contributed by atoms with Gasteiger partial charge < -0.3 is 15.0 Å². The number of amides is 2. The summed E-state index contributed by atoms with van der Waals surface area (Å²) in [7, 11) is 0. The van der Waals surface area contributed by atoms with Crippen LogP contribution in [0, 0.1) is 5.92 Å². The van der Waals surface area contributed by atoms with E-state index in [1.54, 1.807) is 4.90 Å². The molecule has 0 spiro atoms. The highest BCUT2D eigenvalue weighted by molar-refractivity contribution is 7.99. The third kappa shape index (κ3) is 5.64. The number of carbonyl (C=O) groups excluding carboxylic acids is 2. The van der Waals surface area contributed by atoms with Crippen LogP contribution in [0.2, 0.25) is 0 Å². The quantitative estimate of drug-likeness (QED) is 0.727. The Morgan fingerprint density at radius 2 is 1.83 bits per heavy atom. The molecule has 1 atom stereocenters. The van der Waals surface area contributed by atoms with Crippen molar-refractivity contribution in [2.45, 2.75) is 36.8 Å². The summed E-state index contributed by atoms with van der Waals surface area (Å²) in [6.45, 7) is 2.74. The molecule has 2 heterocycles. The van der Waals surface area contributed by atoms with Gasteiger partial charge in [0.15, 0.2) is 0 Å². The van der Waals surface area contributed by atoms with E-state index in [1.165, 1.54) is 5.56 Å². The summed E-state index contributed by atoms with van der Waals surface area (Å²) in [6.07, 6.45) is 2.49. The van der Waals surface area contributed by atoms with Crippen LogP contribution in [0.15, 0.2) is 54.6 Å². The average molecular weight is 425 g/mol. The fourth-order valence-corrected chi connectivity index (χ4v) is 5.08. The Kier molecular flexibility index (Phi) is 7.07. The Hall–Kier alpha value is -2.31. The second kappa shape index (κ2) is 10.1. The molecule has 2 aromatic rings. The minimum absolute atomic E-state index is 0.0422. The van der Waals surface area contributed by atoms with E-state index in [1.807, 2.05) is 60.3 Å². The predicted octanol–water partition coefficient (Wildman–Crippen LogP) is 4.09. The van der Waals surface area contributed by atoms with E-state index >= 15 is 0 Å². The molecule has 1 N–H and O–H groups in total. The lowest BCUT2D eigenvalue weighted by Crippen LogP contribution is -2.28. The number of thioether (sulfide) groups is 1. The number of rotatable bonds is 7. The monoisotopic (exact) mass is 424 g/mol. The summed E-state index contributed by atoms with van der Waals surface area (Å²) in [5.41, 5.74) is 3.10. The number of nitrogens with zero attached hydrogens (tertiary/aromatic N) is 1. The Balaban J connectivity index is 1.29. The standard InChI is InChI=1S/C24H28N2O3S/c27-23-14-20(16-26(23)15-18-5-2-1-3-6-18)24(28)25-21-8-4-7-19(13-21)17-30-22-9-11-29-12-10-22/h1-8,13,20,22H,9-12,14-17H2,(H,25,28). The zero-order chi connectivity index (χ0) is 20.8. The molecular formula is C24H28N2O3S. The molecule has 30 heavy (non-hydrogen) atoms. The van der Waals surface area contributed by atoms with E-state index in [0.29, 0.717) is 18.3 Å². The number of carbonyl (C=O) groups is 2. The summed E-state index contributed by atoms with van der Waals surface area (Å²) in [4.78, 5) is 26.9. The highest BCUT2D eigenvalue weighted by atomic mass is 32.2. The van der Waals surface area contributed by atoms with Crippen molar-refractivity contribution in [3.8, 4) is 0 Å². The van der Waals surface area contributed by atoms with Crippen molar-refractivity contribution in [2.75, 3.05) is 25.1 Å². The Morgan fingerprint density at radius 1 is 1.07 bits per heavy atom. The van der Waals surface area contributed by atoms with Gasteiger partial charge in [-0.1, -0.05) is 42.5 Å². The van der Waals surface area contributed by atoms with Crippen LogP contribution in [-0.2, 0) is 26.6 Å². The minimum Gasteiger partial charge on any atom is -0.381 e. The number of anilines is 1. The molecule has 0 aromatic heterocycles. The molecule has 4 rings (SSSR count). The molecule has 2 aliphatic heterocycles. The van der Waals surface area contributed by atoms with Gasteiger partial charge in [-0.2, -0.15) is 11.8 Å². The van der Waals surface area contributed by atoms with Crippen LogP contribution in [0.4, 0.5) is 5.69 Å². The second-order valence-corrected chi connectivity index (χ2v) is 9.26. The molecule has 0 bridgehead atoms. The third-order valence-corrected chi connectivity index (χ3v) is 7.09. The first kappa shape index (κ1) is 20.9. The van der Waals surface area contributed by atoms with Crippen molar-refractivity contribution in [3.05, 3.63) is 65.7 Å². The highest BCUT2D eigenvalue weighted by Gasteiger charge is 2.34. The third-order valence-electron chi connectivity index (χ3n) is 5.65. The molecule has 0 aliphatic carbocycles. The maximum Gasteiger partial charge on any atom is 0.229 e. The molecule has 2 amide bonds. The summed E-state index contributed by atoms with van der Waals surface area (Å²) in [6, 6.07) is 17.9. The number of nitrogens with one attached hydrogen (secondary N) is 1. The van der Waals surface area contributed by atoms with Crippen LogP contribution < -0.4 is 5.32 Å². The maximum absolute atomic E-state index is 12.8. The van der Waals surface area contributed by atoms with E-state index in [4.69, 9.17) is 4.74 Å². The molecule has 5 nitrogen and oxygen atoms in total. The molecule has 2 saturated heterocycles. The smallest absolute Gasteiger partial charge is 0.229 e. The number of hydrogen-bond donors (Lipinski definition) is 1. The van der Waals surface area contributed by atoms with Gasteiger partial charge in [0.05, 0.1) is 5.92 Å². The van der Waals surface area contributed by atoms with Gasteiger partial charge >= 0.3 is 0 Å². The lowest BCUT2D eigenvalue weighted by atomic mass is 10.1. The molecule has 6 heteroatoms. The Bertz CT molecular complexity index is 868. The van der Waals surface area contributed by atoms with Crippen LogP contribution in [0.25, 0.3) is 0 Å². The second-order valence-electron chi connectivity index (χ2n) is 7.97. The lowest BCUT2D eigenvalue weighted by molar-refractivity contribution is -0.128. The zero-order valence-corrected chi connectivity index (χ0v) is 17.9. The first-order chi connectivity index (χ1) is 14.7. The van der Waals surface area contributed by atoms with Crippen LogP contribution in [0.3, 0.4) is 0 Å². The number of likely N-dealkylation sites (tertiary alicyclic amines) is 1. The maximum atomic E-state index is 12.8. The van der Waals surface area contributed by atoms with Crippen LogP contribution >= 0.6 is 11.8 Å². The summed E-state index contributed by atoms with van der Waals surface area (Å²) in [5.74, 6) is 0.594. The van der Waals surface area contributed by atoms with Gasteiger partial charge in [0, 0.05) is 49.4 Å². The van der Waals surface area contributed by atoms with E-state index in [2.05, 4.69) is 11.4 Å². The number of benzene rings is 2. The first-order valence-electron chi connectivity index (χ1n) is 10.6. The molecule has 0 radical (unpaired) electrons. The Morgan fingerprint density at radius 3 is 2.63 bits per heavy atom. The predicted molar refractivity (Wildman–Crippen MR) is 120 cm³/mol. The molecule has 158 valence electrons. The van der Waals surface area contributed by atoms with Crippen LogP contribution in [-0.4, -0.2) is 41.7 Å². The minimum atomic E-state index is -0.304. The van der Waals surface area contributed by atoms with Gasteiger partial charge in [0.2, 0.25) is 11.8 Å². The Labute approximate surface area is 182 Å². The molecular weight excluding hydrogens is 396 g/mol. The van der Waals surface area contributed by atoms with Crippen LogP contribution in [0.5, 0.6) is 0 Å². The molecule has 0 saturated carbocycles. The topological polar surface area (TPSA) is 58.6 Å². The van der Waals surface area contributed by atoms with Gasteiger partial charge in [-0.3, -0.25) is 9.59 Å². The number of ether oxygens (including phenoxy) is 1. The highest BCUT2D eigenvalue weighted by Crippen LogP contribution is 2.27. The van der Waals surface area contributed by atoms with Gasteiger partial charge in [-0.25, -0.2) is 0 Å². The number of hydrogen-bond acceptors (Lipinski definition) is 4. The zero-order valence-electron chi connectivity index (χ0n) is 17.1. The fraction of sp³-hybridized carbons (Fsp3) is 0.417. The van der Waals surface area contributed by atoms with E-state index in [-0.39, 0.29) is 24.2 Å². The van der Waals surface area contributed by atoms with E-state index in [0.717, 1.165) is 43.1 Å². The lowest BCUT2D eigenvalue weighted by Gasteiger charge is -2.21. The normalized spacial score (nSPS) is 19.8. The van der Waals surface area contributed by atoms with Crippen molar-refractivity contribution in [2.24, 2.45) is 5.92 Å². The van der Waals surface area contributed by atoms with Crippen molar-refractivity contribution in [1.29, 1.82) is 0 Å². The fourth-order valence-electron chi connectivity index (χ4n) is 3.94. The van der Waals surface area contributed by atoms with Crippen molar-refractivity contribution in [3.63, 3.8) is 0 Å². The summed E-state index contributed by atoms with van der Waals surface area (Å²) in [5, 5.41) is 3.67. The van der Waals surface area contributed by atoms with Gasteiger partial charge in [-0.05, 0) is 36.1 Å². The van der Waals surface area contributed by atoms with Crippen molar-refractivity contribution in [1.82, 2.24) is 4.90 Å². The van der Waals surface area contributed by atoms with Gasteiger partial charge in [0.1, 0.15) is 0 Å². The average Bonchev–Trinajstić information content (AvgIpc) is 3.14. The van der Waals surface area contributed by atoms with Gasteiger partial charge in [0.25, 0.3) is 0 Å². The van der Waals surface area contributed by atoms with Crippen molar-refractivity contribution >= 4 is 29.3 Å². The van der Waals surface area contributed by atoms with E-state index in [9.17, 15) is 9.59 Å². The first-order valence-corrected chi connectivity index (χ1v) is 11.6. The summed E-state index contributed by atoms with van der Waals surface area (Å²) >= 11 is 1.96. The van der Waals surface area contributed by atoms with Crippen molar-refractivity contribution < 1.29 is 14.3 Å². The van der Waals surface area contributed by atoms with E-state index < -0.39 is 0 Å². The molecule has 1 unspecified atom stereocenters. The SMILES string of the molecule is O=C(Nc1cccc(CSC2CCOCC2)c1)C1CC(=O)N(Cc2ccccc2)C1. The molecule has 2 aromatic carbocycles. The largest absolute Gasteiger partial charge is 0.381 e. The molecule has 2 fully saturated rings. The van der Waals surface area contributed by atoms with Crippen LogP contribution in [0.1, 0.15) is 30.4 Å². The van der Waals surface area contributed by atoms with Gasteiger partial charge in [-0.15, -0.1) is 0 Å². The summed E-state index contributed by atoms with van der Waals surface area (Å²) < 4.78 is 5.42. The molecule has 2 aliphatic rings.